The zero-order chi connectivity index (χ0) is 14.1. The van der Waals surface area contributed by atoms with Gasteiger partial charge in [-0.25, -0.2) is 14.8 Å². The highest BCUT2D eigenvalue weighted by Crippen LogP contribution is 2.37. The molecule has 0 bridgehead atoms. The molecule has 1 aliphatic carbocycles. The highest BCUT2D eigenvalue weighted by Gasteiger charge is 2.37. The minimum atomic E-state index is -1.13. The van der Waals surface area contributed by atoms with Crippen molar-refractivity contribution in [3.05, 3.63) is 23.8 Å². The Morgan fingerprint density at radius 2 is 1.80 bits per heavy atom. The summed E-state index contributed by atoms with van der Waals surface area (Å²) in [5.74, 6) is -0.624. The maximum atomic E-state index is 12.5. The number of hydrogen-bond donors (Lipinski definition) is 1. The predicted octanol–water partition coefficient (Wildman–Crippen LogP) is 1.58. The molecule has 1 aromatic rings. The van der Waals surface area contributed by atoms with Gasteiger partial charge < -0.3 is 10.0 Å². The fraction of sp³-hybridized carbons (Fsp3) is 0.571. The molecule has 2 fully saturated rings. The van der Waals surface area contributed by atoms with Crippen LogP contribution in [0.2, 0.25) is 0 Å². The van der Waals surface area contributed by atoms with Gasteiger partial charge in [0.1, 0.15) is 5.69 Å². The van der Waals surface area contributed by atoms with Crippen LogP contribution >= 0.6 is 0 Å². The molecule has 2 aliphatic rings. The van der Waals surface area contributed by atoms with Crippen LogP contribution in [0.25, 0.3) is 0 Å². The lowest BCUT2D eigenvalue weighted by Gasteiger charge is -2.36. The molecule has 1 amide bonds. The van der Waals surface area contributed by atoms with Gasteiger partial charge in [0.05, 0.1) is 12.4 Å². The number of aromatic nitrogens is 2. The first-order valence-electron chi connectivity index (χ1n) is 7.03. The zero-order valence-corrected chi connectivity index (χ0v) is 11.2. The van der Waals surface area contributed by atoms with E-state index >= 15 is 0 Å². The summed E-state index contributed by atoms with van der Waals surface area (Å²) >= 11 is 0. The van der Waals surface area contributed by atoms with Crippen molar-refractivity contribution < 1.29 is 14.7 Å². The summed E-state index contributed by atoms with van der Waals surface area (Å²) in [6.45, 7) is 0.766. The average molecular weight is 275 g/mol. The monoisotopic (exact) mass is 275 g/mol. The van der Waals surface area contributed by atoms with Crippen molar-refractivity contribution in [2.45, 2.75) is 38.1 Å². The molecule has 0 aromatic carbocycles. The number of carboxylic acid groups (broad SMARTS) is 1. The van der Waals surface area contributed by atoms with E-state index in [4.69, 9.17) is 5.11 Å². The van der Waals surface area contributed by atoms with E-state index in [9.17, 15) is 9.59 Å². The van der Waals surface area contributed by atoms with Crippen molar-refractivity contribution in [3.8, 4) is 0 Å². The minimum Gasteiger partial charge on any atom is -0.476 e. The molecule has 2 heterocycles. The van der Waals surface area contributed by atoms with Gasteiger partial charge in [-0.1, -0.05) is 6.42 Å². The van der Waals surface area contributed by atoms with Gasteiger partial charge in [0.2, 0.25) is 0 Å². The van der Waals surface area contributed by atoms with E-state index in [2.05, 4.69) is 9.97 Å². The van der Waals surface area contributed by atoms with Gasteiger partial charge in [0, 0.05) is 12.6 Å². The second kappa shape index (κ2) is 5.19. The quantitative estimate of drug-likeness (QED) is 0.905. The van der Waals surface area contributed by atoms with E-state index in [0.29, 0.717) is 12.0 Å². The van der Waals surface area contributed by atoms with Crippen LogP contribution in [-0.4, -0.2) is 44.4 Å². The molecule has 0 spiro atoms. The van der Waals surface area contributed by atoms with Crippen LogP contribution in [0.4, 0.5) is 0 Å². The van der Waals surface area contributed by atoms with Crippen molar-refractivity contribution in [2.75, 3.05) is 6.54 Å². The summed E-state index contributed by atoms with van der Waals surface area (Å²) in [6, 6.07) is 0.331. The third kappa shape index (κ3) is 2.26. The number of hydrogen-bond acceptors (Lipinski definition) is 4. The van der Waals surface area contributed by atoms with Crippen LogP contribution in [0.15, 0.2) is 12.4 Å². The van der Waals surface area contributed by atoms with Gasteiger partial charge in [-0.15, -0.1) is 0 Å². The highest BCUT2D eigenvalue weighted by molar-refractivity contribution is 5.93. The van der Waals surface area contributed by atoms with Crippen molar-refractivity contribution >= 4 is 11.9 Å². The van der Waals surface area contributed by atoms with E-state index in [1.54, 1.807) is 0 Å². The molecule has 1 saturated carbocycles. The minimum absolute atomic E-state index is 0.121. The maximum absolute atomic E-state index is 12.5. The Labute approximate surface area is 116 Å². The summed E-state index contributed by atoms with van der Waals surface area (Å²) in [5, 5.41) is 8.78. The molecule has 1 atom stereocenters. The maximum Gasteiger partial charge on any atom is 0.356 e. The largest absolute Gasteiger partial charge is 0.476 e. The van der Waals surface area contributed by atoms with Gasteiger partial charge in [-0.2, -0.15) is 0 Å². The Hall–Kier alpha value is -1.98. The second-order valence-electron chi connectivity index (χ2n) is 5.49. The van der Waals surface area contributed by atoms with Crippen molar-refractivity contribution in [3.63, 3.8) is 0 Å². The molecule has 6 nitrogen and oxygen atoms in total. The SMILES string of the molecule is O=C(O)c1cnc(C(=O)N2CCCC2C2CCC2)cn1. The Morgan fingerprint density at radius 1 is 1.10 bits per heavy atom. The normalized spacial score (nSPS) is 22.6. The molecule has 3 rings (SSSR count). The molecule has 1 aromatic heterocycles. The topological polar surface area (TPSA) is 83.4 Å². The molecule has 20 heavy (non-hydrogen) atoms. The number of amides is 1. The summed E-state index contributed by atoms with van der Waals surface area (Å²) in [6.07, 6.45) is 8.18. The van der Waals surface area contributed by atoms with Crippen LogP contribution in [0.5, 0.6) is 0 Å². The second-order valence-corrected chi connectivity index (χ2v) is 5.49. The fourth-order valence-corrected chi connectivity index (χ4v) is 3.06. The van der Waals surface area contributed by atoms with Crippen LogP contribution in [0, 0.1) is 5.92 Å². The van der Waals surface area contributed by atoms with Crippen LogP contribution < -0.4 is 0 Å². The van der Waals surface area contributed by atoms with E-state index < -0.39 is 5.97 Å². The van der Waals surface area contributed by atoms with E-state index in [0.717, 1.165) is 25.6 Å². The number of nitrogens with zero attached hydrogens (tertiary/aromatic N) is 3. The standard InChI is InChI=1S/C14H17N3O3/c18-13(10-7-16-11(8-15-10)14(19)20)17-6-2-5-12(17)9-3-1-4-9/h7-9,12H,1-6H2,(H,19,20). The number of rotatable bonds is 3. The zero-order valence-electron chi connectivity index (χ0n) is 11.2. The predicted molar refractivity (Wildman–Crippen MR) is 70.4 cm³/mol. The van der Waals surface area contributed by atoms with Crippen molar-refractivity contribution in [2.24, 2.45) is 5.92 Å². The lowest BCUT2D eigenvalue weighted by Crippen LogP contribution is -2.42. The third-order valence-corrected chi connectivity index (χ3v) is 4.34. The molecule has 1 unspecified atom stereocenters. The Morgan fingerprint density at radius 3 is 2.35 bits per heavy atom. The number of carbonyl (C=O) groups excluding carboxylic acids is 1. The van der Waals surface area contributed by atoms with Crippen LogP contribution in [0.3, 0.4) is 0 Å². The molecule has 106 valence electrons. The highest BCUT2D eigenvalue weighted by atomic mass is 16.4. The number of aromatic carboxylic acids is 1. The van der Waals surface area contributed by atoms with Gasteiger partial charge >= 0.3 is 5.97 Å². The lowest BCUT2D eigenvalue weighted by molar-refractivity contribution is 0.0616. The molecule has 1 saturated heterocycles. The van der Waals surface area contributed by atoms with E-state index in [1.807, 2.05) is 4.90 Å². The Balaban J connectivity index is 1.75. The van der Waals surface area contributed by atoms with Crippen LogP contribution in [0.1, 0.15) is 53.1 Å². The molecule has 1 N–H and O–H groups in total. The number of likely N-dealkylation sites (tertiary alicyclic amines) is 1. The molecular formula is C14H17N3O3. The van der Waals surface area contributed by atoms with Gasteiger partial charge in [0.25, 0.3) is 5.91 Å². The molecule has 1 aliphatic heterocycles. The van der Waals surface area contributed by atoms with Crippen molar-refractivity contribution in [1.29, 1.82) is 0 Å². The summed E-state index contributed by atoms with van der Waals surface area (Å²) in [4.78, 5) is 32.8. The summed E-state index contributed by atoms with van der Waals surface area (Å²) in [5.41, 5.74) is 0.0970. The van der Waals surface area contributed by atoms with E-state index in [1.165, 1.54) is 25.5 Å². The Bertz CT molecular complexity index is 525. The first kappa shape index (κ1) is 13.0. The fourth-order valence-electron chi connectivity index (χ4n) is 3.06. The average Bonchev–Trinajstić information content (AvgIpc) is 2.85. The van der Waals surface area contributed by atoms with E-state index in [-0.39, 0.29) is 17.3 Å². The first-order valence-corrected chi connectivity index (χ1v) is 7.03. The lowest BCUT2D eigenvalue weighted by atomic mass is 9.79. The molecule has 6 heteroatoms. The smallest absolute Gasteiger partial charge is 0.356 e. The molecular weight excluding hydrogens is 258 g/mol. The molecule has 0 radical (unpaired) electrons. The first-order chi connectivity index (χ1) is 9.66. The van der Waals surface area contributed by atoms with Gasteiger partial charge in [-0.05, 0) is 31.6 Å². The van der Waals surface area contributed by atoms with Gasteiger partial charge in [0.15, 0.2) is 5.69 Å². The van der Waals surface area contributed by atoms with Crippen LogP contribution in [-0.2, 0) is 0 Å². The Kier molecular flexibility index (Phi) is 3.38. The summed E-state index contributed by atoms with van der Waals surface area (Å²) < 4.78 is 0. The van der Waals surface area contributed by atoms with Gasteiger partial charge in [-0.3, -0.25) is 4.79 Å². The number of carbonyl (C=O) groups is 2. The summed E-state index contributed by atoms with van der Waals surface area (Å²) in [7, 11) is 0. The third-order valence-electron chi connectivity index (χ3n) is 4.34. The van der Waals surface area contributed by atoms with Crippen molar-refractivity contribution in [1.82, 2.24) is 14.9 Å². The number of carboxylic acids is 1.